The molecule has 6 unspecified atom stereocenters. The van der Waals surface area contributed by atoms with Gasteiger partial charge in [-0.1, -0.05) is 0 Å². The van der Waals surface area contributed by atoms with Crippen LogP contribution in [-0.2, 0) is 28.8 Å². The van der Waals surface area contributed by atoms with Crippen molar-refractivity contribution in [1.82, 2.24) is 20.4 Å². The topological polar surface area (TPSA) is 310 Å². The first-order valence-corrected chi connectivity index (χ1v) is 15.4. The lowest BCUT2D eigenvalue weighted by Gasteiger charge is -2.33. The third kappa shape index (κ3) is 13.1. The van der Waals surface area contributed by atoms with Crippen LogP contribution in [0.5, 0.6) is 0 Å². The average molecular weight is 658 g/mol. The molecule has 2 aliphatic rings. The Kier molecular flexibility index (Phi) is 17.5. The molecule has 0 aromatic rings. The number of hydrogen-bond donors (Lipinski definition) is 9. The summed E-state index contributed by atoms with van der Waals surface area (Å²) < 4.78 is 0. The van der Waals surface area contributed by atoms with Crippen LogP contribution in [0.25, 0.3) is 0 Å². The van der Waals surface area contributed by atoms with Gasteiger partial charge in [-0.15, -0.1) is 0 Å². The van der Waals surface area contributed by atoms with Gasteiger partial charge in [0.1, 0.15) is 30.2 Å². The largest absolute Gasteiger partial charge is 0.481 e. The maximum absolute atomic E-state index is 13.7. The first-order chi connectivity index (χ1) is 21.6. The molecular formula is C28H51N9O9. The van der Waals surface area contributed by atoms with Crippen LogP contribution in [-0.4, -0.2) is 129 Å². The zero-order valence-electron chi connectivity index (χ0n) is 26.6. The molecule has 0 bridgehead atoms. The Morgan fingerprint density at radius 1 is 0.891 bits per heavy atom. The number of nitrogens with two attached hydrogens (primary N) is 4. The smallest absolute Gasteiger partial charge is 0.326 e. The number of likely N-dealkylation sites (tertiary alicyclic amines) is 2. The molecule has 2 fully saturated rings. The fraction of sp³-hybridized carbons (Fsp3) is 0.750. The summed E-state index contributed by atoms with van der Waals surface area (Å²) in [5, 5.41) is 31.9. The molecule has 0 spiro atoms. The Morgan fingerprint density at radius 3 is 2.00 bits per heavy atom. The summed E-state index contributed by atoms with van der Waals surface area (Å²) in [7, 11) is 0. The highest BCUT2D eigenvalue weighted by Gasteiger charge is 2.44. The van der Waals surface area contributed by atoms with E-state index in [1.807, 2.05) is 0 Å². The van der Waals surface area contributed by atoms with E-state index in [-0.39, 0.29) is 31.9 Å². The summed E-state index contributed by atoms with van der Waals surface area (Å²) in [6.07, 6.45) is 2.59. The molecule has 0 saturated carbocycles. The molecule has 0 aromatic carbocycles. The van der Waals surface area contributed by atoms with Crippen molar-refractivity contribution in [2.75, 3.05) is 26.2 Å². The number of nitrogens with one attached hydrogen (secondary N) is 2. The fourth-order valence-electron chi connectivity index (χ4n) is 5.25. The number of guanidine groups is 1. The number of aliphatic imine (C=N–C) groups is 1. The molecule has 13 N–H and O–H groups in total. The zero-order valence-corrected chi connectivity index (χ0v) is 26.6. The Labute approximate surface area is 268 Å². The van der Waals surface area contributed by atoms with E-state index in [4.69, 9.17) is 32.8 Å². The van der Waals surface area contributed by atoms with Gasteiger partial charge in [-0.3, -0.25) is 29.0 Å². The highest BCUT2D eigenvalue weighted by atomic mass is 16.4. The number of aliphatic carboxylic acids is 2. The molecule has 262 valence electrons. The van der Waals surface area contributed by atoms with E-state index in [2.05, 4.69) is 15.6 Å². The van der Waals surface area contributed by atoms with Crippen LogP contribution < -0.4 is 33.6 Å². The average Bonchev–Trinajstić information content (AvgIpc) is 3.67. The van der Waals surface area contributed by atoms with E-state index < -0.39 is 71.9 Å². The Morgan fingerprint density at radius 2 is 1.46 bits per heavy atom. The zero-order chi connectivity index (χ0) is 35.0. The van der Waals surface area contributed by atoms with Crippen molar-refractivity contribution in [2.24, 2.45) is 27.9 Å². The molecule has 46 heavy (non-hydrogen) atoms. The van der Waals surface area contributed by atoms with E-state index in [9.17, 15) is 34.2 Å². The fourth-order valence-corrected chi connectivity index (χ4v) is 5.25. The van der Waals surface area contributed by atoms with Crippen molar-refractivity contribution < 1.29 is 44.1 Å². The first kappa shape index (κ1) is 40.0. The molecule has 6 atom stereocenters. The van der Waals surface area contributed by atoms with E-state index in [1.54, 1.807) is 0 Å². The lowest BCUT2D eigenvalue weighted by Crippen LogP contribution is -2.58. The van der Waals surface area contributed by atoms with Crippen LogP contribution in [0.2, 0.25) is 0 Å². The number of aliphatic hydroxyl groups is 1. The lowest BCUT2D eigenvalue weighted by atomic mass is 10.1. The van der Waals surface area contributed by atoms with Crippen molar-refractivity contribution in [3.8, 4) is 0 Å². The van der Waals surface area contributed by atoms with Crippen LogP contribution in [0.1, 0.15) is 71.6 Å². The monoisotopic (exact) mass is 657 g/mol. The third-order valence-electron chi connectivity index (χ3n) is 7.60. The number of hydrogen-bond acceptors (Lipinski definition) is 10. The molecule has 2 aliphatic heterocycles. The molecule has 0 aliphatic carbocycles. The van der Waals surface area contributed by atoms with Gasteiger partial charge in [0.25, 0.3) is 5.97 Å². The predicted octanol–water partition coefficient (Wildman–Crippen LogP) is -3.00. The predicted molar refractivity (Wildman–Crippen MR) is 167 cm³/mol. The highest BCUT2D eigenvalue weighted by molar-refractivity contribution is 5.96. The standard InChI is InChI=1S/C26H47N9O7.C2H4O2/c1-15(36)20(28)22(38)32-16(7-2-3-11-27)23(39)35-14-6-10-19(35)24(40)34-13-5-9-18(34)21(37)33-17(25(41)42)8-4-12-31-26(29)30;1-2(3)4/h15-20,36H,2-14,27-28H2,1H3,(H,32,38)(H,33,37)(H,41,42)(H4,29,30,31);1H3,(H,3,4). The van der Waals surface area contributed by atoms with Crippen LogP contribution >= 0.6 is 0 Å². The molecule has 0 aromatic heterocycles. The molecule has 0 radical (unpaired) electrons. The summed E-state index contributed by atoms with van der Waals surface area (Å²) in [4.78, 5) is 80.5. The minimum Gasteiger partial charge on any atom is -0.481 e. The summed E-state index contributed by atoms with van der Waals surface area (Å²) in [5.74, 6) is -4.26. The normalized spacial score (nSPS) is 19.9. The van der Waals surface area contributed by atoms with Crippen molar-refractivity contribution in [3.05, 3.63) is 0 Å². The molecule has 2 heterocycles. The Hall–Kier alpha value is -4.03. The Balaban J connectivity index is 0.00000249. The van der Waals surface area contributed by atoms with Gasteiger partial charge in [0.2, 0.25) is 23.6 Å². The van der Waals surface area contributed by atoms with Gasteiger partial charge in [0, 0.05) is 26.6 Å². The van der Waals surface area contributed by atoms with Crippen molar-refractivity contribution in [1.29, 1.82) is 0 Å². The summed E-state index contributed by atoms with van der Waals surface area (Å²) in [6.45, 7) is 3.66. The Bertz CT molecular complexity index is 1080. The van der Waals surface area contributed by atoms with Crippen molar-refractivity contribution >= 4 is 41.5 Å². The van der Waals surface area contributed by atoms with Crippen LogP contribution in [0, 0.1) is 0 Å². The van der Waals surface area contributed by atoms with Crippen LogP contribution in [0.4, 0.5) is 0 Å². The quantitative estimate of drug-likeness (QED) is 0.0455. The van der Waals surface area contributed by atoms with E-state index in [0.29, 0.717) is 58.0 Å². The van der Waals surface area contributed by atoms with E-state index >= 15 is 0 Å². The van der Waals surface area contributed by atoms with Gasteiger partial charge in [0.05, 0.1) is 6.10 Å². The number of rotatable bonds is 16. The molecule has 2 rings (SSSR count). The third-order valence-corrected chi connectivity index (χ3v) is 7.60. The van der Waals surface area contributed by atoms with Gasteiger partial charge >= 0.3 is 5.97 Å². The summed E-state index contributed by atoms with van der Waals surface area (Å²) in [6, 6.07) is -5.08. The maximum atomic E-state index is 13.7. The van der Waals surface area contributed by atoms with Gasteiger partial charge in [-0.05, 0) is 71.3 Å². The number of aliphatic hydroxyl groups excluding tert-OH is 1. The number of amides is 4. The van der Waals surface area contributed by atoms with Gasteiger partial charge in [0.15, 0.2) is 5.96 Å². The van der Waals surface area contributed by atoms with Gasteiger partial charge in [-0.25, -0.2) is 4.79 Å². The molecule has 4 amide bonds. The second kappa shape index (κ2) is 20.2. The van der Waals surface area contributed by atoms with Crippen molar-refractivity contribution in [3.63, 3.8) is 0 Å². The van der Waals surface area contributed by atoms with Crippen molar-refractivity contribution in [2.45, 2.75) is 108 Å². The number of carboxylic acids is 2. The minimum absolute atomic E-state index is 0.0966. The second-order valence-electron chi connectivity index (χ2n) is 11.4. The second-order valence-corrected chi connectivity index (χ2v) is 11.4. The number of unbranched alkanes of at least 4 members (excludes halogenated alkanes) is 1. The first-order valence-electron chi connectivity index (χ1n) is 15.4. The summed E-state index contributed by atoms with van der Waals surface area (Å²) in [5.41, 5.74) is 21.9. The number of carboxylic acid groups (broad SMARTS) is 2. The number of carbonyl (C=O) groups excluding carboxylic acids is 4. The van der Waals surface area contributed by atoms with E-state index in [1.165, 1.54) is 16.7 Å². The molecule has 18 nitrogen and oxygen atoms in total. The number of carbonyl (C=O) groups is 6. The minimum atomic E-state index is -1.23. The van der Waals surface area contributed by atoms with Crippen LogP contribution in [0.3, 0.4) is 0 Å². The van der Waals surface area contributed by atoms with Crippen LogP contribution in [0.15, 0.2) is 4.99 Å². The SMILES string of the molecule is CC(=O)O.CC(O)C(N)C(=O)NC(CCCCN)C(=O)N1CCCC1C(=O)N1CCCC1C(=O)NC(CCCN=C(N)N)C(=O)O. The lowest BCUT2D eigenvalue weighted by molar-refractivity contribution is -0.149. The van der Waals surface area contributed by atoms with E-state index in [0.717, 1.165) is 6.92 Å². The van der Waals surface area contributed by atoms with Gasteiger partial charge < -0.3 is 58.7 Å². The highest BCUT2D eigenvalue weighted by Crippen LogP contribution is 2.26. The van der Waals surface area contributed by atoms with Gasteiger partial charge in [-0.2, -0.15) is 0 Å². The number of nitrogens with zero attached hydrogens (tertiary/aromatic N) is 3. The maximum Gasteiger partial charge on any atom is 0.326 e. The summed E-state index contributed by atoms with van der Waals surface area (Å²) >= 11 is 0. The molecule has 18 heteroatoms. The molecule has 2 saturated heterocycles. The molecular weight excluding hydrogens is 606 g/mol.